The van der Waals surface area contributed by atoms with Crippen molar-refractivity contribution in [1.82, 2.24) is 10.2 Å². The lowest BCUT2D eigenvalue weighted by Gasteiger charge is -2.26. The third kappa shape index (κ3) is 4.11. The van der Waals surface area contributed by atoms with Crippen LogP contribution in [-0.4, -0.2) is 41.2 Å². The Morgan fingerprint density at radius 1 is 1.38 bits per heavy atom. The van der Waals surface area contributed by atoms with E-state index in [-0.39, 0.29) is 17.6 Å². The number of nitrogens with zero attached hydrogens (tertiary/aromatic N) is 1. The lowest BCUT2D eigenvalue weighted by molar-refractivity contribution is -0.139. The van der Waals surface area contributed by atoms with Gasteiger partial charge in [0.1, 0.15) is 11.9 Å². The zero-order valence-corrected chi connectivity index (χ0v) is 13.9. The highest BCUT2D eigenvalue weighted by Gasteiger charge is 2.35. The topological polar surface area (TPSA) is 125 Å². The average molecular weight is 331 g/mol. The number of hydrogen-bond donors (Lipinski definition) is 4. The molecule has 2 atom stereocenters. The smallest absolute Gasteiger partial charge is 0.243 e. The lowest BCUT2D eigenvalue weighted by atomic mass is 10.1. The van der Waals surface area contributed by atoms with Crippen molar-refractivity contribution in [1.29, 1.82) is 5.41 Å². The minimum absolute atomic E-state index is 0.0120. The number of amides is 2. The number of hydrogen-bond acceptors (Lipinski definition) is 4. The van der Waals surface area contributed by atoms with E-state index in [0.717, 1.165) is 12.0 Å². The van der Waals surface area contributed by atoms with Gasteiger partial charge in [0.2, 0.25) is 11.8 Å². The molecule has 7 nitrogen and oxygen atoms in total. The Hall–Kier alpha value is -2.41. The van der Waals surface area contributed by atoms with Crippen molar-refractivity contribution in [2.24, 2.45) is 11.5 Å². The van der Waals surface area contributed by atoms with Crippen molar-refractivity contribution in [3.05, 3.63) is 35.4 Å². The number of likely N-dealkylation sites (tertiary alicyclic amines) is 1. The van der Waals surface area contributed by atoms with E-state index >= 15 is 0 Å². The SMILES string of the molecule is CC[C@@H](N)C(=O)N1CCCC1C(=O)NCc1ccc(C(=N)N)cc1. The quantitative estimate of drug-likeness (QED) is 0.442. The van der Waals surface area contributed by atoms with E-state index in [2.05, 4.69) is 5.32 Å². The minimum atomic E-state index is -0.544. The number of benzene rings is 1. The van der Waals surface area contributed by atoms with Crippen LogP contribution in [0.4, 0.5) is 0 Å². The molecule has 0 bridgehead atoms. The summed E-state index contributed by atoms with van der Waals surface area (Å²) < 4.78 is 0. The van der Waals surface area contributed by atoms with Gasteiger partial charge in [-0.1, -0.05) is 31.2 Å². The second kappa shape index (κ2) is 7.92. The van der Waals surface area contributed by atoms with Crippen LogP contribution in [0, 0.1) is 5.41 Å². The normalized spacial score (nSPS) is 18.2. The Morgan fingerprint density at radius 2 is 2.04 bits per heavy atom. The van der Waals surface area contributed by atoms with Gasteiger partial charge in [0.15, 0.2) is 0 Å². The van der Waals surface area contributed by atoms with Crippen molar-refractivity contribution in [3.8, 4) is 0 Å². The fourth-order valence-electron chi connectivity index (χ4n) is 2.80. The van der Waals surface area contributed by atoms with Crippen LogP contribution >= 0.6 is 0 Å². The zero-order valence-electron chi connectivity index (χ0n) is 13.9. The fraction of sp³-hybridized carbons (Fsp3) is 0.471. The Bertz CT molecular complexity index is 614. The van der Waals surface area contributed by atoms with E-state index < -0.39 is 12.1 Å². The van der Waals surface area contributed by atoms with Crippen LogP contribution in [0.25, 0.3) is 0 Å². The number of carbonyl (C=O) groups is 2. The zero-order chi connectivity index (χ0) is 17.7. The third-order valence-electron chi connectivity index (χ3n) is 4.33. The summed E-state index contributed by atoms with van der Waals surface area (Å²) in [7, 11) is 0. The summed E-state index contributed by atoms with van der Waals surface area (Å²) in [6, 6.07) is 6.15. The molecule has 2 amide bonds. The van der Waals surface area contributed by atoms with Gasteiger partial charge in [-0.25, -0.2) is 0 Å². The molecule has 1 aliphatic rings. The fourth-order valence-corrected chi connectivity index (χ4v) is 2.80. The molecule has 0 spiro atoms. The molecular weight excluding hydrogens is 306 g/mol. The molecule has 0 aliphatic carbocycles. The first-order valence-electron chi connectivity index (χ1n) is 8.21. The van der Waals surface area contributed by atoms with E-state index in [1.807, 2.05) is 19.1 Å². The Balaban J connectivity index is 1.93. The highest BCUT2D eigenvalue weighted by molar-refractivity contribution is 5.95. The second-order valence-corrected chi connectivity index (χ2v) is 6.03. The molecule has 1 aromatic carbocycles. The molecule has 6 N–H and O–H groups in total. The first-order chi connectivity index (χ1) is 11.4. The molecule has 7 heteroatoms. The lowest BCUT2D eigenvalue weighted by Crippen LogP contribution is -2.50. The summed E-state index contributed by atoms with van der Waals surface area (Å²) in [5, 5.41) is 10.2. The predicted molar refractivity (Wildman–Crippen MR) is 92.3 cm³/mol. The van der Waals surface area contributed by atoms with Crippen molar-refractivity contribution in [2.75, 3.05) is 6.54 Å². The molecule has 1 saturated heterocycles. The summed E-state index contributed by atoms with van der Waals surface area (Å²) >= 11 is 0. The van der Waals surface area contributed by atoms with Crippen LogP contribution in [0.3, 0.4) is 0 Å². The van der Waals surface area contributed by atoms with Gasteiger partial charge in [-0.15, -0.1) is 0 Å². The van der Waals surface area contributed by atoms with Gasteiger partial charge in [-0.2, -0.15) is 0 Å². The van der Waals surface area contributed by atoms with Gasteiger partial charge in [0.05, 0.1) is 6.04 Å². The van der Waals surface area contributed by atoms with Crippen molar-refractivity contribution in [3.63, 3.8) is 0 Å². The molecular formula is C17H25N5O2. The third-order valence-corrected chi connectivity index (χ3v) is 4.33. The molecule has 2 rings (SSSR count). The van der Waals surface area contributed by atoms with Crippen LogP contribution < -0.4 is 16.8 Å². The van der Waals surface area contributed by atoms with Gasteiger partial charge in [-0.3, -0.25) is 15.0 Å². The number of nitrogens with two attached hydrogens (primary N) is 2. The summed E-state index contributed by atoms with van der Waals surface area (Å²) in [5.74, 6) is -0.293. The first kappa shape index (κ1) is 17.9. The molecule has 0 saturated carbocycles. The van der Waals surface area contributed by atoms with Crippen molar-refractivity contribution < 1.29 is 9.59 Å². The maximum Gasteiger partial charge on any atom is 0.243 e. The van der Waals surface area contributed by atoms with Crippen LogP contribution in [0.2, 0.25) is 0 Å². The Kier molecular flexibility index (Phi) is 5.92. The number of nitrogen functional groups attached to an aromatic ring is 1. The molecule has 1 unspecified atom stereocenters. The molecule has 1 heterocycles. The van der Waals surface area contributed by atoms with Crippen LogP contribution in [0.5, 0.6) is 0 Å². The number of carbonyl (C=O) groups excluding carboxylic acids is 2. The molecule has 130 valence electrons. The van der Waals surface area contributed by atoms with Gasteiger partial charge < -0.3 is 21.7 Å². The van der Waals surface area contributed by atoms with Crippen LogP contribution in [0.1, 0.15) is 37.3 Å². The standard InChI is InChI=1S/C17H25N5O2/c1-2-13(18)17(24)22-9-3-4-14(22)16(23)21-10-11-5-7-12(8-6-11)15(19)20/h5-8,13-14H,2-4,9-10,18H2,1H3,(H3,19,20)(H,21,23)/t13-,14?/m1/s1. The maximum absolute atomic E-state index is 12.4. The minimum Gasteiger partial charge on any atom is -0.384 e. The van der Waals surface area contributed by atoms with Crippen LogP contribution in [0.15, 0.2) is 24.3 Å². The highest BCUT2D eigenvalue weighted by Crippen LogP contribution is 2.19. The van der Waals surface area contributed by atoms with E-state index in [9.17, 15) is 9.59 Å². The van der Waals surface area contributed by atoms with Crippen molar-refractivity contribution >= 4 is 17.6 Å². The van der Waals surface area contributed by atoms with Gasteiger partial charge >= 0.3 is 0 Å². The van der Waals surface area contributed by atoms with Gasteiger partial charge in [-0.05, 0) is 24.8 Å². The Labute approximate surface area is 141 Å². The average Bonchev–Trinajstić information content (AvgIpc) is 3.08. The molecule has 0 radical (unpaired) electrons. The maximum atomic E-state index is 12.4. The number of nitrogens with one attached hydrogen (secondary N) is 2. The molecule has 0 aromatic heterocycles. The second-order valence-electron chi connectivity index (χ2n) is 6.03. The summed E-state index contributed by atoms with van der Waals surface area (Å²) in [5.41, 5.74) is 12.8. The summed E-state index contributed by atoms with van der Waals surface area (Å²) in [6.45, 7) is 2.81. The van der Waals surface area contributed by atoms with E-state index in [4.69, 9.17) is 16.9 Å². The Morgan fingerprint density at radius 3 is 2.62 bits per heavy atom. The summed E-state index contributed by atoms with van der Waals surface area (Å²) in [6.07, 6.45) is 2.04. The molecule has 1 aliphatic heterocycles. The first-order valence-corrected chi connectivity index (χ1v) is 8.21. The van der Waals surface area contributed by atoms with E-state index in [0.29, 0.717) is 31.5 Å². The van der Waals surface area contributed by atoms with Gasteiger partial charge in [0, 0.05) is 18.7 Å². The van der Waals surface area contributed by atoms with Crippen LogP contribution in [-0.2, 0) is 16.1 Å². The predicted octanol–water partition coefficient (Wildman–Crippen LogP) is 0.315. The largest absolute Gasteiger partial charge is 0.384 e. The number of rotatable bonds is 6. The van der Waals surface area contributed by atoms with Crippen molar-refractivity contribution in [2.45, 2.75) is 44.8 Å². The van der Waals surface area contributed by atoms with E-state index in [1.165, 1.54) is 0 Å². The molecule has 1 aromatic rings. The number of amidine groups is 1. The summed E-state index contributed by atoms with van der Waals surface area (Å²) in [4.78, 5) is 26.3. The molecule has 24 heavy (non-hydrogen) atoms. The highest BCUT2D eigenvalue weighted by atomic mass is 16.2. The van der Waals surface area contributed by atoms with Gasteiger partial charge in [0.25, 0.3) is 0 Å². The monoisotopic (exact) mass is 331 g/mol. The molecule has 1 fully saturated rings. The van der Waals surface area contributed by atoms with E-state index in [1.54, 1.807) is 17.0 Å².